The zero-order valence-corrected chi connectivity index (χ0v) is 11.4. The predicted molar refractivity (Wildman–Crippen MR) is 68.3 cm³/mol. The van der Waals surface area contributed by atoms with E-state index in [-0.39, 0.29) is 5.91 Å². The summed E-state index contributed by atoms with van der Waals surface area (Å²) in [5.74, 6) is -0.774. The maximum Gasteiger partial charge on any atom is 0.345 e. The number of barbiturate groups is 1. The molecule has 7 nitrogen and oxygen atoms in total. The van der Waals surface area contributed by atoms with Gasteiger partial charge in [0.1, 0.15) is 5.41 Å². The highest BCUT2D eigenvalue weighted by molar-refractivity contribution is 6.18. The van der Waals surface area contributed by atoms with Crippen LogP contribution >= 0.6 is 0 Å². The first-order valence-corrected chi connectivity index (χ1v) is 7.18. The Labute approximate surface area is 117 Å². The fourth-order valence-electron chi connectivity index (χ4n) is 3.27. The normalized spacial score (nSPS) is 27.8. The van der Waals surface area contributed by atoms with Gasteiger partial charge in [0.2, 0.25) is 5.91 Å². The van der Waals surface area contributed by atoms with E-state index in [1.165, 1.54) is 0 Å². The average molecular weight is 281 g/mol. The van der Waals surface area contributed by atoms with Crippen molar-refractivity contribution in [2.75, 3.05) is 26.3 Å². The third-order valence-corrected chi connectivity index (χ3v) is 4.43. The van der Waals surface area contributed by atoms with Crippen molar-refractivity contribution >= 4 is 17.8 Å². The smallest absolute Gasteiger partial charge is 0.345 e. The zero-order valence-electron chi connectivity index (χ0n) is 11.4. The number of nitrogens with one attached hydrogen (secondary N) is 1. The van der Waals surface area contributed by atoms with Gasteiger partial charge in [0.15, 0.2) is 0 Å². The molecule has 0 atom stereocenters. The summed E-state index contributed by atoms with van der Waals surface area (Å²) in [4.78, 5) is 37.0. The lowest BCUT2D eigenvalue weighted by Crippen LogP contribution is -2.69. The van der Waals surface area contributed by atoms with E-state index in [9.17, 15) is 14.4 Å². The van der Waals surface area contributed by atoms with Gasteiger partial charge in [0.25, 0.3) is 5.91 Å². The van der Waals surface area contributed by atoms with Crippen molar-refractivity contribution in [3.63, 3.8) is 0 Å². The fourth-order valence-corrected chi connectivity index (χ4v) is 3.27. The molecule has 0 aromatic heterocycles. The van der Waals surface area contributed by atoms with Gasteiger partial charge in [-0.3, -0.25) is 14.9 Å². The molecule has 3 aliphatic rings. The van der Waals surface area contributed by atoms with E-state index in [4.69, 9.17) is 4.74 Å². The van der Waals surface area contributed by atoms with E-state index in [0.717, 1.165) is 24.3 Å². The highest BCUT2D eigenvalue weighted by Gasteiger charge is 2.55. The lowest BCUT2D eigenvalue weighted by molar-refractivity contribution is -0.169. The number of morpholine rings is 1. The molecule has 0 unspecified atom stereocenters. The van der Waals surface area contributed by atoms with Gasteiger partial charge < -0.3 is 4.74 Å². The Morgan fingerprint density at radius 3 is 2.30 bits per heavy atom. The number of amides is 4. The molecule has 20 heavy (non-hydrogen) atoms. The van der Waals surface area contributed by atoms with Crippen LogP contribution in [-0.2, 0) is 14.3 Å². The minimum absolute atomic E-state index is 0.354. The van der Waals surface area contributed by atoms with E-state index >= 15 is 0 Å². The molecule has 3 fully saturated rings. The van der Waals surface area contributed by atoms with Crippen LogP contribution in [0.2, 0.25) is 0 Å². The standard InChI is InChI=1S/C13H19N3O4/c17-10-13(4-2-1-3-5-13)11(18)16(12(19)14-10)15-6-8-20-9-7-15/h1-9H2,(H,14,17,19). The molecule has 2 saturated heterocycles. The van der Waals surface area contributed by atoms with Gasteiger partial charge in [-0.05, 0) is 12.8 Å². The molecule has 0 radical (unpaired) electrons. The first-order valence-electron chi connectivity index (χ1n) is 7.18. The molecular weight excluding hydrogens is 262 g/mol. The molecule has 0 bridgehead atoms. The topological polar surface area (TPSA) is 79.0 Å². The number of ether oxygens (including phenoxy) is 1. The maximum atomic E-state index is 12.8. The van der Waals surface area contributed by atoms with Gasteiger partial charge in [-0.2, -0.15) is 5.01 Å². The SMILES string of the molecule is O=C1NC(=O)C2(CCCCC2)C(=O)N1N1CCOCC1. The Morgan fingerprint density at radius 1 is 1.00 bits per heavy atom. The molecule has 0 aromatic carbocycles. The molecule has 1 spiro atoms. The highest BCUT2D eigenvalue weighted by Crippen LogP contribution is 2.40. The van der Waals surface area contributed by atoms with Gasteiger partial charge in [0, 0.05) is 13.1 Å². The Bertz CT molecular complexity index is 439. The number of rotatable bonds is 1. The number of carbonyl (C=O) groups is 3. The number of urea groups is 1. The minimum Gasteiger partial charge on any atom is -0.379 e. The van der Waals surface area contributed by atoms with Gasteiger partial charge in [-0.1, -0.05) is 19.3 Å². The fraction of sp³-hybridized carbons (Fsp3) is 0.769. The van der Waals surface area contributed by atoms with Crippen molar-refractivity contribution < 1.29 is 19.1 Å². The van der Waals surface area contributed by atoms with E-state index in [2.05, 4.69) is 5.32 Å². The molecular formula is C13H19N3O4. The first-order chi connectivity index (χ1) is 9.65. The quantitative estimate of drug-likeness (QED) is 0.698. The molecule has 3 rings (SSSR count). The van der Waals surface area contributed by atoms with Crippen LogP contribution in [0.15, 0.2) is 0 Å². The number of hydrogen-bond donors (Lipinski definition) is 1. The van der Waals surface area contributed by atoms with Gasteiger partial charge >= 0.3 is 6.03 Å². The summed E-state index contributed by atoms with van der Waals surface area (Å²) in [6.07, 6.45) is 3.81. The van der Waals surface area contributed by atoms with Gasteiger partial charge in [-0.25, -0.2) is 9.80 Å². The molecule has 0 aromatic rings. The van der Waals surface area contributed by atoms with Crippen LogP contribution in [0.3, 0.4) is 0 Å². The highest BCUT2D eigenvalue weighted by atomic mass is 16.5. The van der Waals surface area contributed by atoms with Crippen LogP contribution in [0.25, 0.3) is 0 Å². The van der Waals surface area contributed by atoms with Crippen LogP contribution in [0.5, 0.6) is 0 Å². The van der Waals surface area contributed by atoms with E-state index in [0.29, 0.717) is 39.1 Å². The summed E-state index contributed by atoms with van der Waals surface area (Å²) >= 11 is 0. The maximum absolute atomic E-state index is 12.8. The van der Waals surface area contributed by atoms with E-state index in [1.54, 1.807) is 5.01 Å². The largest absolute Gasteiger partial charge is 0.379 e. The van der Waals surface area contributed by atoms with Crippen molar-refractivity contribution in [1.82, 2.24) is 15.3 Å². The van der Waals surface area contributed by atoms with Crippen molar-refractivity contribution in [1.29, 1.82) is 0 Å². The summed E-state index contributed by atoms with van der Waals surface area (Å²) in [6, 6.07) is -0.627. The summed E-state index contributed by atoms with van der Waals surface area (Å²) in [6.45, 7) is 1.95. The summed E-state index contributed by atoms with van der Waals surface area (Å²) in [5, 5.41) is 5.18. The molecule has 4 amide bonds. The van der Waals surface area contributed by atoms with E-state index < -0.39 is 17.4 Å². The molecule has 7 heteroatoms. The second-order valence-electron chi connectivity index (χ2n) is 5.59. The number of nitrogens with zero attached hydrogens (tertiary/aromatic N) is 2. The number of imide groups is 2. The molecule has 2 aliphatic heterocycles. The lowest BCUT2D eigenvalue weighted by atomic mass is 9.71. The minimum atomic E-state index is -1.04. The Kier molecular flexibility index (Phi) is 3.47. The third-order valence-electron chi connectivity index (χ3n) is 4.43. The molecule has 1 N–H and O–H groups in total. The average Bonchev–Trinajstić information content (AvgIpc) is 2.48. The second-order valence-corrected chi connectivity index (χ2v) is 5.59. The summed E-state index contributed by atoms with van der Waals surface area (Å²) in [5.41, 5.74) is -1.04. The van der Waals surface area contributed by atoms with Crippen molar-refractivity contribution in [2.45, 2.75) is 32.1 Å². The van der Waals surface area contributed by atoms with Gasteiger partial charge in [-0.15, -0.1) is 0 Å². The van der Waals surface area contributed by atoms with Crippen LogP contribution < -0.4 is 5.32 Å². The van der Waals surface area contributed by atoms with Crippen LogP contribution in [0.4, 0.5) is 4.79 Å². The van der Waals surface area contributed by atoms with Crippen molar-refractivity contribution in [2.24, 2.45) is 5.41 Å². The summed E-state index contributed by atoms with van der Waals surface area (Å²) < 4.78 is 5.24. The Morgan fingerprint density at radius 2 is 1.65 bits per heavy atom. The lowest BCUT2D eigenvalue weighted by Gasteiger charge is -2.45. The van der Waals surface area contributed by atoms with Gasteiger partial charge in [0.05, 0.1) is 13.2 Å². The third kappa shape index (κ3) is 2.01. The molecule has 2 heterocycles. The number of hydrazine groups is 1. The number of carbonyl (C=O) groups excluding carboxylic acids is 3. The molecule has 110 valence electrons. The van der Waals surface area contributed by atoms with Crippen LogP contribution in [-0.4, -0.2) is 54.2 Å². The Balaban J connectivity index is 1.88. The van der Waals surface area contributed by atoms with Crippen molar-refractivity contribution in [3.8, 4) is 0 Å². The second kappa shape index (κ2) is 5.14. The monoisotopic (exact) mass is 281 g/mol. The zero-order chi connectivity index (χ0) is 14.2. The van der Waals surface area contributed by atoms with Crippen LogP contribution in [0.1, 0.15) is 32.1 Å². The molecule has 1 aliphatic carbocycles. The first kappa shape index (κ1) is 13.5. The molecule has 1 saturated carbocycles. The predicted octanol–water partition coefficient (Wildman–Crippen LogP) is 0.263. The van der Waals surface area contributed by atoms with E-state index in [1.807, 2.05) is 0 Å². The Hall–Kier alpha value is -1.47. The number of hydrogen-bond acceptors (Lipinski definition) is 5. The van der Waals surface area contributed by atoms with Crippen LogP contribution in [0, 0.1) is 5.41 Å². The van der Waals surface area contributed by atoms with Crippen molar-refractivity contribution in [3.05, 3.63) is 0 Å². The summed E-state index contributed by atoms with van der Waals surface area (Å²) in [7, 11) is 0.